The third-order valence-corrected chi connectivity index (χ3v) is 2.23. The maximum Gasteiger partial charge on any atom is 0.189 e. The topological polar surface area (TPSA) is 54.9 Å². The summed E-state index contributed by atoms with van der Waals surface area (Å²) in [7, 11) is 0. The van der Waals surface area contributed by atoms with E-state index in [0.717, 1.165) is 6.54 Å². The minimum absolute atomic E-state index is 0.0198. The molecular weight excluding hydrogens is 198 g/mol. The Morgan fingerprint density at radius 3 is 2.86 bits per heavy atom. The van der Waals surface area contributed by atoms with E-state index in [1.807, 2.05) is 13.2 Å². The summed E-state index contributed by atoms with van der Waals surface area (Å²) < 4.78 is 0. The van der Waals surface area contributed by atoms with Crippen LogP contribution in [0.5, 0.6) is 0 Å². The lowest BCUT2D eigenvalue weighted by molar-refractivity contribution is 0.101. The van der Waals surface area contributed by atoms with Crippen molar-refractivity contribution in [2.24, 2.45) is 0 Å². The van der Waals surface area contributed by atoms with Gasteiger partial charge in [0, 0.05) is 12.7 Å². The zero-order valence-corrected chi connectivity index (χ0v) is 9.31. The van der Waals surface area contributed by atoms with Crippen molar-refractivity contribution in [3.8, 4) is 0 Å². The summed E-state index contributed by atoms with van der Waals surface area (Å²) in [5, 5.41) is 3.72. The molecular formula is C9H13N3OS. The van der Waals surface area contributed by atoms with Crippen molar-refractivity contribution in [1.82, 2.24) is 9.97 Å². The van der Waals surface area contributed by atoms with Gasteiger partial charge in [-0.1, -0.05) is 11.8 Å². The largest absolute Gasteiger partial charge is 0.370 e. The van der Waals surface area contributed by atoms with Gasteiger partial charge in [0.1, 0.15) is 5.82 Å². The summed E-state index contributed by atoms with van der Waals surface area (Å²) in [6, 6.07) is 0. The van der Waals surface area contributed by atoms with E-state index < -0.39 is 0 Å². The van der Waals surface area contributed by atoms with E-state index in [0.29, 0.717) is 16.5 Å². The van der Waals surface area contributed by atoms with E-state index in [1.54, 1.807) is 6.20 Å². The third-order valence-electron chi connectivity index (χ3n) is 1.67. The number of anilines is 1. The molecule has 0 bridgehead atoms. The van der Waals surface area contributed by atoms with E-state index >= 15 is 0 Å². The molecule has 1 aromatic heterocycles. The lowest BCUT2D eigenvalue weighted by Crippen LogP contribution is -2.07. The molecule has 0 fully saturated rings. The van der Waals surface area contributed by atoms with Crippen LogP contribution < -0.4 is 5.32 Å². The minimum atomic E-state index is -0.0198. The van der Waals surface area contributed by atoms with E-state index in [4.69, 9.17) is 0 Å². The molecule has 1 aromatic rings. The smallest absolute Gasteiger partial charge is 0.189 e. The van der Waals surface area contributed by atoms with Gasteiger partial charge in [-0.3, -0.25) is 4.79 Å². The molecule has 5 heteroatoms. The van der Waals surface area contributed by atoms with Crippen LogP contribution in [-0.2, 0) is 0 Å². The summed E-state index contributed by atoms with van der Waals surface area (Å²) in [6.07, 6.45) is 3.47. The Morgan fingerprint density at radius 2 is 2.36 bits per heavy atom. The minimum Gasteiger partial charge on any atom is -0.370 e. The van der Waals surface area contributed by atoms with Gasteiger partial charge in [0.25, 0.3) is 0 Å². The molecule has 0 aliphatic rings. The SMILES string of the molecule is CCNc1nc(SC)ncc1C(C)=O. The van der Waals surface area contributed by atoms with Crippen molar-refractivity contribution in [1.29, 1.82) is 0 Å². The predicted molar refractivity (Wildman–Crippen MR) is 58.0 cm³/mol. The van der Waals surface area contributed by atoms with Gasteiger partial charge in [0.05, 0.1) is 5.56 Å². The maximum atomic E-state index is 11.2. The summed E-state index contributed by atoms with van der Waals surface area (Å²) in [4.78, 5) is 19.5. The number of ketones is 1. The molecule has 0 radical (unpaired) electrons. The molecule has 1 N–H and O–H groups in total. The maximum absolute atomic E-state index is 11.2. The fourth-order valence-electron chi connectivity index (χ4n) is 1.02. The van der Waals surface area contributed by atoms with E-state index in [2.05, 4.69) is 15.3 Å². The number of nitrogens with zero attached hydrogens (tertiary/aromatic N) is 2. The number of rotatable bonds is 4. The Morgan fingerprint density at radius 1 is 1.64 bits per heavy atom. The molecule has 0 atom stereocenters. The molecule has 0 spiro atoms. The lowest BCUT2D eigenvalue weighted by atomic mass is 10.2. The first-order chi connectivity index (χ1) is 6.69. The van der Waals surface area contributed by atoms with Crippen molar-refractivity contribution >= 4 is 23.4 Å². The van der Waals surface area contributed by atoms with Gasteiger partial charge in [0.15, 0.2) is 10.9 Å². The Labute approximate surface area is 87.5 Å². The molecule has 0 aliphatic heterocycles. The first-order valence-corrected chi connectivity index (χ1v) is 5.57. The molecule has 1 rings (SSSR count). The summed E-state index contributed by atoms with van der Waals surface area (Å²) in [5.74, 6) is 0.605. The third kappa shape index (κ3) is 2.45. The second-order valence-electron chi connectivity index (χ2n) is 2.71. The van der Waals surface area contributed by atoms with Gasteiger partial charge in [-0.05, 0) is 20.1 Å². The summed E-state index contributed by atoms with van der Waals surface area (Å²) in [5.41, 5.74) is 0.546. The van der Waals surface area contributed by atoms with Gasteiger partial charge in [-0.2, -0.15) is 0 Å². The average molecular weight is 211 g/mol. The predicted octanol–water partition coefficient (Wildman–Crippen LogP) is 1.83. The Balaban J connectivity index is 3.10. The number of nitrogens with one attached hydrogen (secondary N) is 1. The summed E-state index contributed by atoms with van der Waals surface area (Å²) in [6.45, 7) is 4.22. The number of carbonyl (C=O) groups is 1. The first kappa shape index (κ1) is 11.0. The van der Waals surface area contributed by atoms with Gasteiger partial charge in [0.2, 0.25) is 0 Å². The van der Waals surface area contributed by atoms with Crippen LogP contribution in [0.1, 0.15) is 24.2 Å². The molecule has 4 nitrogen and oxygen atoms in total. The van der Waals surface area contributed by atoms with Gasteiger partial charge < -0.3 is 5.32 Å². The van der Waals surface area contributed by atoms with Crippen LogP contribution >= 0.6 is 11.8 Å². The van der Waals surface area contributed by atoms with Crippen LogP contribution in [-0.4, -0.2) is 28.6 Å². The average Bonchev–Trinajstić information content (AvgIpc) is 2.17. The van der Waals surface area contributed by atoms with E-state index in [9.17, 15) is 4.79 Å². The highest BCUT2D eigenvalue weighted by molar-refractivity contribution is 7.98. The van der Waals surface area contributed by atoms with Crippen LogP contribution in [0.4, 0.5) is 5.82 Å². The highest BCUT2D eigenvalue weighted by atomic mass is 32.2. The zero-order valence-electron chi connectivity index (χ0n) is 8.50. The molecule has 76 valence electrons. The van der Waals surface area contributed by atoms with Crippen LogP contribution in [0.3, 0.4) is 0 Å². The highest BCUT2D eigenvalue weighted by Crippen LogP contribution is 2.16. The normalized spacial score (nSPS) is 9.93. The Hall–Kier alpha value is -1.10. The quantitative estimate of drug-likeness (QED) is 0.468. The number of thioether (sulfide) groups is 1. The molecule has 0 saturated heterocycles. The van der Waals surface area contributed by atoms with Crippen LogP contribution in [0.15, 0.2) is 11.4 Å². The molecule has 0 aliphatic carbocycles. The van der Waals surface area contributed by atoms with E-state index in [-0.39, 0.29) is 5.78 Å². The Kier molecular flexibility index (Phi) is 3.88. The molecule has 0 saturated carbocycles. The molecule has 0 unspecified atom stereocenters. The van der Waals surface area contributed by atoms with Crippen LogP contribution in [0.25, 0.3) is 0 Å². The standard InChI is InChI=1S/C9H13N3OS/c1-4-10-8-7(6(2)13)5-11-9(12-8)14-3/h5H,4H2,1-3H3,(H,10,11,12). The fourth-order valence-corrected chi connectivity index (χ4v) is 1.36. The summed E-state index contributed by atoms with van der Waals surface area (Å²) >= 11 is 1.46. The van der Waals surface area contributed by atoms with Crippen molar-refractivity contribution in [3.05, 3.63) is 11.8 Å². The van der Waals surface area contributed by atoms with Crippen LogP contribution in [0, 0.1) is 0 Å². The molecule has 0 aromatic carbocycles. The van der Waals surface area contributed by atoms with Crippen molar-refractivity contribution < 1.29 is 4.79 Å². The van der Waals surface area contributed by atoms with Crippen molar-refractivity contribution in [3.63, 3.8) is 0 Å². The molecule has 1 heterocycles. The van der Waals surface area contributed by atoms with Crippen molar-refractivity contribution in [2.45, 2.75) is 19.0 Å². The number of hydrogen-bond acceptors (Lipinski definition) is 5. The fraction of sp³-hybridized carbons (Fsp3) is 0.444. The second kappa shape index (κ2) is 4.95. The van der Waals surface area contributed by atoms with Gasteiger partial charge in [-0.25, -0.2) is 9.97 Å². The van der Waals surface area contributed by atoms with Gasteiger partial charge >= 0.3 is 0 Å². The number of aromatic nitrogens is 2. The number of Topliss-reactive ketones (excluding diaryl/α,β-unsaturated/α-hetero) is 1. The second-order valence-corrected chi connectivity index (χ2v) is 3.48. The highest BCUT2D eigenvalue weighted by Gasteiger charge is 2.09. The first-order valence-electron chi connectivity index (χ1n) is 4.34. The van der Waals surface area contributed by atoms with Crippen molar-refractivity contribution in [2.75, 3.05) is 18.1 Å². The monoisotopic (exact) mass is 211 g/mol. The zero-order chi connectivity index (χ0) is 10.6. The Bertz CT molecular complexity index is 341. The molecule has 0 amide bonds. The number of carbonyl (C=O) groups excluding carboxylic acids is 1. The molecule has 14 heavy (non-hydrogen) atoms. The number of hydrogen-bond donors (Lipinski definition) is 1. The van der Waals surface area contributed by atoms with Gasteiger partial charge in [-0.15, -0.1) is 0 Å². The van der Waals surface area contributed by atoms with Crippen LogP contribution in [0.2, 0.25) is 0 Å². The lowest BCUT2D eigenvalue weighted by Gasteiger charge is -2.07. The van der Waals surface area contributed by atoms with E-state index in [1.165, 1.54) is 18.7 Å².